The van der Waals surface area contributed by atoms with E-state index in [4.69, 9.17) is 11.6 Å². The Labute approximate surface area is 79.6 Å². The largest absolute Gasteiger partial charge is 0.321 e. The molecule has 13 heavy (non-hydrogen) atoms. The van der Waals surface area contributed by atoms with Crippen LogP contribution in [0.3, 0.4) is 0 Å². The van der Waals surface area contributed by atoms with Gasteiger partial charge in [0.1, 0.15) is 5.69 Å². The smallest absolute Gasteiger partial charge is 0.320 e. The van der Waals surface area contributed by atoms with Gasteiger partial charge in [0.2, 0.25) is 5.82 Å². The van der Waals surface area contributed by atoms with E-state index in [-0.39, 0.29) is 5.35 Å². The maximum atomic E-state index is 5.48. The molecule has 2 aromatic rings. The molecule has 66 valence electrons. The summed E-state index contributed by atoms with van der Waals surface area (Å²) in [6.45, 7) is 1.97. The summed E-state index contributed by atoms with van der Waals surface area (Å²) in [6, 6.07) is 3.76. The van der Waals surface area contributed by atoms with Crippen LogP contribution in [-0.4, -0.2) is 15.1 Å². The highest BCUT2D eigenvalue weighted by Crippen LogP contribution is 2.15. The molecule has 0 amide bonds. The van der Waals surface area contributed by atoms with Crippen LogP contribution in [0.4, 0.5) is 0 Å². The zero-order chi connectivity index (χ0) is 9.26. The molecule has 0 aliphatic carbocycles. The molecule has 0 spiro atoms. The van der Waals surface area contributed by atoms with Crippen molar-refractivity contribution in [2.75, 3.05) is 0 Å². The normalized spacial score (nSPS) is 10.3. The van der Waals surface area contributed by atoms with Crippen molar-refractivity contribution >= 4 is 11.6 Å². The van der Waals surface area contributed by atoms with E-state index in [0.717, 1.165) is 5.56 Å². The topological polar surface area (TPSA) is 51.8 Å². The minimum absolute atomic E-state index is 0.0262. The second kappa shape index (κ2) is 3.14. The first kappa shape index (κ1) is 8.19. The third kappa shape index (κ3) is 1.67. The van der Waals surface area contributed by atoms with Crippen molar-refractivity contribution in [3.63, 3.8) is 0 Å². The van der Waals surface area contributed by atoms with Crippen LogP contribution < -0.4 is 0 Å². The minimum atomic E-state index is 0.0262. The zero-order valence-electron chi connectivity index (χ0n) is 6.86. The summed E-state index contributed by atoms with van der Waals surface area (Å²) >= 11 is 5.48. The number of rotatable bonds is 1. The Morgan fingerprint density at radius 1 is 1.46 bits per heavy atom. The van der Waals surface area contributed by atoms with Crippen molar-refractivity contribution in [3.8, 4) is 11.5 Å². The van der Waals surface area contributed by atoms with Crippen molar-refractivity contribution < 1.29 is 4.52 Å². The minimum Gasteiger partial charge on any atom is -0.321 e. The maximum Gasteiger partial charge on any atom is 0.320 e. The fourth-order valence-corrected chi connectivity index (χ4v) is 1.08. The molecule has 0 aromatic carbocycles. The summed E-state index contributed by atoms with van der Waals surface area (Å²) in [4.78, 5) is 7.93. The fraction of sp³-hybridized carbons (Fsp3) is 0.125. The molecule has 0 aliphatic heterocycles. The zero-order valence-corrected chi connectivity index (χ0v) is 7.62. The van der Waals surface area contributed by atoms with E-state index in [1.807, 2.05) is 19.1 Å². The van der Waals surface area contributed by atoms with Gasteiger partial charge >= 0.3 is 5.35 Å². The van der Waals surface area contributed by atoms with Crippen LogP contribution in [0.15, 0.2) is 22.9 Å². The van der Waals surface area contributed by atoms with Crippen molar-refractivity contribution in [1.82, 2.24) is 15.1 Å². The van der Waals surface area contributed by atoms with E-state index < -0.39 is 0 Å². The van der Waals surface area contributed by atoms with Gasteiger partial charge in [0.05, 0.1) is 0 Å². The van der Waals surface area contributed by atoms with Gasteiger partial charge in [-0.3, -0.25) is 4.98 Å². The lowest BCUT2D eigenvalue weighted by atomic mass is 10.2. The molecule has 0 radical (unpaired) electrons. The van der Waals surface area contributed by atoms with E-state index in [1.54, 1.807) is 6.20 Å². The average molecular weight is 196 g/mol. The van der Waals surface area contributed by atoms with Crippen molar-refractivity contribution in [2.45, 2.75) is 6.92 Å². The van der Waals surface area contributed by atoms with Crippen molar-refractivity contribution in [3.05, 3.63) is 29.2 Å². The van der Waals surface area contributed by atoms with Gasteiger partial charge in [-0.05, 0) is 36.2 Å². The Hall–Kier alpha value is -1.42. The van der Waals surface area contributed by atoms with Crippen LogP contribution in [-0.2, 0) is 0 Å². The third-order valence-corrected chi connectivity index (χ3v) is 1.70. The van der Waals surface area contributed by atoms with Crippen LogP contribution in [0.5, 0.6) is 0 Å². The first-order chi connectivity index (χ1) is 6.25. The fourth-order valence-electron chi connectivity index (χ4n) is 0.967. The average Bonchev–Trinajstić information content (AvgIpc) is 2.52. The summed E-state index contributed by atoms with van der Waals surface area (Å²) in [5, 5.41) is 3.67. The first-order valence-corrected chi connectivity index (χ1v) is 4.06. The van der Waals surface area contributed by atoms with Crippen LogP contribution in [0.1, 0.15) is 5.56 Å². The molecule has 0 saturated carbocycles. The number of pyridine rings is 1. The van der Waals surface area contributed by atoms with Crippen molar-refractivity contribution in [2.24, 2.45) is 0 Å². The number of aryl methyl sites for hydroxylation is 1. The Kier molecular flexibility index (Phi) is 1.98. The molecule has 2 heterocycles. The highest BCUT2D eigenvalue weighted by Gasteiger charge is 2.07. The lowest BCUT2D eigenvalue weighted by molar-refractivity contribution is 0.420. The Balaban J connectivity index is 2.46. The van der Waals surface area contributed by atoms with Gasteiger partial charge in [-0.15, -0.1) is 0 Å². The Bertz CT molecular complexity index is 427. The first-order valence-electron chi connectivity index (χ1n) is 3.68. The van der Waals surface area contributed by atoms with Crippen LogP contribution in [0, 0.1) is 6.92 Å². The lowest BCUT2D eigenvalue weighted by Crippen LogP contribution is -1.85. The summed E-state index contributed by atoms with van der Waals surface area (Å²) in [5.74, 6) is 0.411. The molecule has 2 rings (SSSR count). The van der Waals surface area contributed by atoms with E-state index in [9.17, 15) is 0 Å². The molecule has 4 nitrogen and oxygen atoms in total. The predicted octanol–water partition coefficient (Wildman–Crippen LogP) is 2.09. The van der Waals surface area contributed by atoms with Crippen LogP contribution in [0.25, 0.3) is 11.5 Å². The van der Waals surface area contributed by atoms with Crippen LogP contribution >= 0.6 is 11.6 Å². The van der Waals surface area contributed by atoms with E-state index >= 15 is 0 Å². The van der Waals surface area contributed by atoms with Crippen molar-refractivity contribution in [1.29, 1.82) is 0 Å². The highest BCUT2D eigenvalue weighted by molar-refractivity contribution is 6.27. The van der Waals surface area contributed by atoms with E-state index in [1.165, 1.54) is 0 Å². The predicted molar refractivity (Wildman–Crippen MR) is 47.3 cm³/mol. The molecule has 0 fully saturated rings. The highest BCUT2D eigenvalue weighted by atomic mass is 35.5. The monoisotopic (exact) mass is 195 g/mol. The summed E-state index contributed by atoms with van der Waals surface area (Å²) in [6.07, 6.45) is 1.69. The van der Waals surface area contributed by atoms with Gasteiger partial charge < -0.3 is 4.52 Å². The Morgan fingerprint density at radius 3 is 2.92 bits per heavy atom. The van der Waals surface area contributed by atoms with Gasteiger partial charge in [0.25, 0.3) is 0 Å². The number of nitrogens with zero attached hydrogens (tertiary/aromatic N) is 3. The third-order valence-electron chi connectivity index (χ3n) is 1.55. The summed E-state index contributed by atoms with van der Waals surface area (Å²) in [7, 11) is 0. The van der Waals surface area contributed by atoms with Gasteiger partial charge in [-0.25, -0.2) is 0 Å². The molecule has 0 bridgehead atoms. The molecule has 0 N–H and O–H groups in total. The molecule has 0 saturated heterocycles. The van der Waals surface area contributed by atoms with Gasteiger partial charge in [0, 0.05) is 6.20 Å². The molecular weight excluding hydrogens is 190 g/mol. The molecule has 0 atom stereocenters. The molecule has 0 aliphatic rings. The molecule has 5 heteroatoms. The SMILES string of the molecule is Cc1ccnc(-c2noc(Cl)n2)c1. The second-order valence-corrected chi connectivity index (χ2v) is 2.91. The van der Waals surface area contributed by atoms with E-state index in [0.29, 0.717) is 11.5 Å². The number of halogens is 1. The van der Waals surface area contributed by atoms with Gasteiger partial charge in [0.15, 0.2) is 0 Å². The number of hydrogen-bond donors (Lipinski definition) is 0. The Morgan fingerprint density at radius 2 is 2.31 bits per heavy atom. The molecular formula is C8H6ClN3O. The maximum absolute atomic E-state index is 5.48. The molecule has 2 aromatic heterocycles. The summed E-state index contributed by atoms with van der Waals surface area (Å²) < 4.78 is 4.62. The standard InChI is InChI=1S/C8H6ClN3O/c1-5-2-3-10-6(4-5)7-11-8(9)13-12-7/h2-4H,1H3. The quantitative estimate of drug-likeness (QED) is 0.699. The number of hydrogen-bond acceptors (Lipinski definition) is 4. The van der Waals surface area contributed by atoms with E-state index in [2.05, 4.69) is 19.6 Å². The van der Waals surface area contributed by atoms with Crippen LogP contribution in [0.2, 0.25) is 5.35 Å². The number of aromatic nitrogens is 3. The second-order valence-electron chi connectivity index (χ2n) is 2.59. The lowest BCUT2D eigenvalue weighted by Gasteiger charge is -1.93. The summed E-state index contributed by atoms with van der Waals surface area (Å²) in [5.41, 5.74) is 1.75. The molecule has 0 unspecified atom stereocenters. The van der Waals surface area contributed by atoms with Gasteiger partial charge in [-0.1, -0.05) is 5.16 Å². The van der Waals surface area contributed by atoms with Gasteiger partial charge in [-0.2, -0.15) is 4.98 Å².